The highest BCUT2D eigenvalue weighted by atomic mass is 35.5. The van der Waals surface area contributed by atoms with E-state index in [-0.39, 0.29) is 5.88 Å². The molecule has 1 heterocycles. The molecule has 0 saturated carbocycles. The van der Waals surface area contributed by atoms with Gasteiger partial charge in [-0.2, -0.15) is 0 Å². The Kier molecular flexibility index (Phi) is 3.18. The maximum absolute atomic E-state index is 13.4. The van der Waals surface area contributed by atoms with Gasteiger partial charge < -0.3 is 0 Å². The standard InChI is InChI=1S/C15H11ClF2N2/c1-9-3-2-4-13-15(9)19-14(8-16)20(13)10-5-6-11(17)12(18)7-10/h2-7H,8H2,1H3. The molecule has 0 aliphatic carbocycles. The van der Waals surface area contributed by atoms with E-state index in [4.69, 9.17) is 11.6 Å². The number of benzene rings is 2. The van der Waals surface area contributed by atoms with Crippen molar-refractivity contribution >= 4 is 22.6 Å². The Morgan fingerprint density at radius 3 is 2.65 bits per heavy atom. The molecule has 0 bridgehead atoms. The van der Waals surface area contributed by atoms with Gasteiger partial charge >= 0.3 is 0 Å². The second kappa shape index (κ2) is 4.87. The lowest BCUT2D eigenvalue weighted by Crippen LogP contribution is -2.00. The lowest BCUT2D eigenvalue weighted by molar-refractivity contribution is 0.508. The van der Waals surface area contributed by atoms with Crippen LogP contribution in [-0.4, -0.2) is 9.55 Å². The van der Waals surface area contributed by atoms with Crippen LogP contribution in [0.1, 0.15) is 11.4 Å². The Labute approximate surface area is 119 Å². The maximum Gasteiger partial charge on any atom is 0.160 e. The molecule has 0 amide bonds. The average molecular weight is 293 g/mol. The van der Waals surface area contributed by atoms with Crippen LogP contribution < -0.4 is 0 Å². The van der Waals surface area contributed by atoms with Crippen molar-refractivity contribution in [3.63, 3.8) is 0 Å². The van der Waals surface area contributed by atoms with E-state index in [2.05, 4.69) is 4.98 Å². The molecule has 0 radical (unpaired) electrons. The topological polar surface area (TPSA) is 17.8 Å². The van der Waals surface area contributed by atoms with Gasteiger partial charge in [-0.25, -0.2) is 13.8 Å². The first-order chi connectivity index (χ1) is 9.61. The van der Waals surface area contributed by atoms with Crippen molar-refractivity contribution in [3.8, 4) is 5.69 Å². The summed E-state index contributed by atoms with van der Waals surface area (Å²) in [6, 6.07) is 9.49. The van der Waals surface area contributed by atoms with Crippen LogP contribution in [0.25, 0.3) is 16.7 Å². The number of hydrogen-bond donors (Lipinski definition) is 0. The molecule has 0 N–H and O–H groups in total. The van der Waals surface area contributed by atoms with Crippen LogP contribution in [-0.2, 0) is 5.88 Å². The van der Waals surface area contributed by atoms with E-state index in [1.807, 2.05) is 25.1 Å². The number of para-hydroxylation sites is 1. The van der Waals surface area contributed by atoms with Gasteiger partial charge in [-0.3, -0.25) is 4.57 Å². The summed E-state index contributed by atoms with van der Waals surface area (Å²) in [7, 11) is 0. The summed E-state index contributed by atoms with van der Waals surface area (Å²) in [5, 5.41) is 0. The van der Waals surface area contributed by atoms with Crippen molar-refractivity contribution in [3.05, 3.63) is 59.4 Å². The van der Waals surface area contributed by atoms with Gasteiger partial charge in [0.15, 0.2) is 11.6 Å². The first-order valence-corrected chi connectivity index (χ1v) is 6.63. The van der Waals surface area contributed by atoms with Crippen LogP contribution in [0.15, 0.2) is 36.4 Å². The predicted octanol–water partition coefficient (Wildman–Crippen LogP) is 4.35. The molecule has 20 heavy (non-hydrogen) atoms. The second-order valence-corrected chi connectivity index (χ2v) is 4.81. The van der Waals surface area contributed by atoms with E-state index in [9.17, 15) is 8.78 Å². The van der Waals surface area contributed by atoms with E-state index >= 15 is 0 Å². The summed E-state index contributed by atoms with van der Waals surface area (Å²) < 4.78 is 28.3. The number of hydrogen-bond acceptors (Lipinski definition) is 1. The van der Waals surface area contributed by atoms with Crippen molar-refractivity contribution in [2.75, 3.05) is 0 Å². The predicted molar refractivity (Wildman–Crippen MR) is 75.3 cm³/mol. The summed E-state index contributed by atoms with van der Waals surface area (Å²) in [5.74, 6) is -0.978. The third-order valence-corrected chi connectivity index (χ3v) is 3.48. The van der Waals surface area contributed by atoms with E-state index in [1.54, 1.807) is 4.57 Å². The molecule has 0 atom stereocenters. The summed E-state index contributed by atoms with van der Waals surface area (Å²) in [6.07, 6.45) is 0. The zero-order valence-electron chi connectivity index (χ0n) is 10.7. The monoisotopic (exact) mass is 292 g/mol. The van der Waals surface area contributed by atoms with E-state index < -0.39 is 11.6 Å². The fourth-order valence-electron chi connectivity index (χ4n) is 2.29. The number of aromatic nitrogens is 2. The van der Waals surface area contributed by atoms with Crippen LogP contribution in [0.3, 0.4) is 0 Å². The maximum atomic E-state index is 13.4. The molecule has 102 valence electrons. The minimum absolute atomic E-state index is 0.188. The van der Waals surface area contributed by atoms with Gasteiger partial charge in [0.05, 0.1) is 22.6 Å². The van der Waals surface area contributed by atoms with Crippen molar-refractivity contribution in [2.24, 2.45) is 0 Å². The normalized spacial score (nSPS) is 11.2. The van der Waals surface area contributed by atoms with Gasteiger partial charge in [-0.05, 0) is 30.7 Å². The number of imidazole rings is 1. The number of halogens is 3. The highest BCUT2D eigenvalue weighted by Gasteiger charge is 2.14. The van der Waals surface area contributed by atoms with Crippen LogP contribution in [0, 0.1) is 18.6 Å². The molecular weight excluding hydrogens is 282 g/mol. The number of alkyl halides is 1. The molecule has 5 heteroatoms. The minimum Gasteiger partial charge on any atom is -0.295 e. The summed E-state index contributed by atoms with van der Waals surface area (Å²) >= 11 is 5.93. The Balaban J connectivity index is 2.34. The Morgan fingerprint density at radius 1 is 1.15 bits per heavy atom. The zero-order chi connectivity index (χ0) is 14.3. The number of rotatable bonds is 2. The zero-order valence-corrected chi connectivity index (χ0v) is 11.5. The third-order valence-electron chi connectivity index (χ3n) is 3.24. The molecule has 1 aromatic heterocycles. The van der Waals surface area contributed by atoms with Crippen molar-refractivity contribution in [1.29, 1.82) is 0 Å². The highest BCUT2D eigenvalue weighted by molar-refractivity contribution is 6.17. The number of fused-ring (bicyclic) bond motifs is 1. The summed E-state index contributed by atoms with van der Waals surface area (Å²) in [4.78, 5) is 4.47. The molecule has 0 aliphatic heterocycles. The molecule has 0 spiro atoms. The minimum atomic E-state index is -0.891. The largest absolute Gasteiger partial charge is 0.295 e. The fourth-order valence-corrected chi connectivity index (χ4v) is 2.47. The van der Waals surface area contributed by atoms with Gasteiger partial charge in [-0.1, -0.05) is 12.1 Å². The molecule has 0 saturated heterocycles. The first-order valence-electron chi connectivity index (χ1n) is 6.10. The molecule has 0 unspecified atom stereocenters. The molecule has 3 aromatic rings. The first kappa shape index (κ1) is 13.1. The quantitative estimate of drug-likeness (QED) is 0.642. The van der Waals surface area contributed by atoms with Gasteiger partial charge in [0.25, 0.3) is 0 Å². The Morgan fingerprint density at radius 2 is 1.95 bits per heavy atom. The average Bonchev–Trinajstić information content (AvgIpc) is 2.82. The lowest BCUT2D eigenvalue weighted by atomic mass is 10.2. The number of aryl methyl sites for hydroxylation is 1. The molecular formula is C15H11ClF2N2. The third kappa shape index (κ3) is 1.96. The molecule has 3 rings (SSSR count). The van der Waals surface area contributed by atoms with Gasteiger partial charge in [-0.15, -0.1) is 11.6 Å². The Hall–Kier alpha value is -1.94. The fraction of sp³-hybridized carbons (Fsp3) is 0.133. The van der Waals surface area contributed by atoms with Crippen molar-refractivity contribution in [1.82, 2.24) is 9.55 Å². The molecule has 0 fully saturated rings. The van der Waals surface area contributed by atoms with E-state index in [0.29, 0.717) is 11.5 Å². The second-order valence-electron chi connectivity index (χ2n) is 4.54. The van der Waals surface area contributed by atoms with Crippen LogP contribution in [0.5, 0.6) is 0 Å². The van der Waals surface area contributed by atoms with Crippen LogP contribution in [0.2, 0.25) is 0 Å². The van der Waals surface area contributed by atoms with Crippen LogP contribution >= 0.6 is 11.6 Å². The van der Waals surface area contributed by atoms with Crippen molar-refractivity contribution in [2.45, 2.75) is 12.8 Å². The summed E-state index contributed by atoms with van der Waals surface area (Å²) in [6.45, 7) is 1.95. The smallest absolute Gasteiger partial charge is 0.160 e. The molecule has 2 nitrogen and oxygen atoms in total. The van der Waals surface area contributed by atoms with Gasteiger partial charge in [0, 0.05) is 6.07 Å². The molecule has 0 aliphatic rings. The lowest BCUT2D eigenvalue weighted by Gasteiger charge is -2.08. The van der Waals surface area contributed by atoms with Crippen LogP contribution in [0.4, 0.5) is 8.78 Å². The highest BCUT2D eigenvalue weighted by Crippen LogP contribution is 2.25. The van der Waals surface area contributed by atoms with E-state index in [0.717, 1.165) is 28.7 Å². The SMILES string of the molecule is Cc1cccc2c1nc(CCl)n2-c1ccc(F)c(F)c1. The number of nitrogens with zero attached hydrogens (tertiary/aromatic N) is 2. The summed E-state index contributed by atoms with van der Waals surface area (Å²) in [5.41, 5.74) is 3.15. The van der Waals surface area contributed by atoms with Crippen molar-refractivity contribution < 1.29 is 8.78 Å². The Bertz CT molecular complexity index is 796. The van der Waals surface area contributed by atoms with Gasteiger partial charge in [0.1, 0.15) is 5.82 Å². The van der Waals surface area contributed by atoms with Gasteiger partial charge in [0.2, 0.25) is 0 Å². The van der Waals surface area contributed by atoms with E-state index in [1.165, 1.54) is 6.07 Å². The molecule has 2 aromatic carbocycles.